The minimum Gasteiger partial charge on any atom is -0.475 e. The van der Waals surface area contributed by atoms with Gasteiger partial charge in [0.1, 0.15) is 0 Å². The summed E-state index contributed by atoms with van der Waals surface area (Å²) in [5.41, 5.74) is -0.106. The summed E-state index contributed by atoms with van der Waals surface area (Å²) in [6, 6.07) is 8.88. The highest BCUT2D eigenvalue weighted by Crippen LogP contribution is 2.09. The number of benzene rings is 1. The molecule has 0 bridgehead atoms. The fraction of sp³-hybridized carbons (Fsp3) is 0. The summed E-state index contributed by atoms with van der Waals surface area (Å²) >= 11 is 0. The highest BCUT2D eigenvalue weighted by atomic mass is 16.4. The Morgan fingerprint density at radius 3 is 2.59 bits per heavy atom. The largest absolute Gasteiger partial charge is 0.475 e. The first-order valence-electron chi connectivity index (χ1n) is 4.69. The van der Waals surface area contributed by atoms with Crippen molar-refractivity contribution in [2.45, 2.75) is 0 Å². The molecule has 7 nitrogen and oxygen atoms in total. The van der Waals surface area contributed by atoms with E-state index in [1.807, 2.05) is 11.1 Å². The number of anilines is 2. The van der Waals surface area contributed by atoms with Crippen molar-refractivity contribution in [3.63, 3.8) is 0 Å². The van der Waals surface area contributed by atoms with Crippen LogP contribution in [0.15, 0.2) is 35.1 Å². The zero-order valence-electron chi connectivity index (χ0n) is 8.54. The van der Waals surface area contributed by atoms with Gasteiger partial charge in [0.25, 0.3) is 0 Å². The number of nitrogens with one attached hydrogen (secondary N) is 2. The third kappa shape index (κ3) is 2.65. The molecular weight excluding hydrogens is 224 g/mol. The minimum absolute atomic E-state index is 0.0580. The minimum atomic E-state index is -1.32. The molecule has 0 radical (unpaired) electrons. The fourth-order valence-corrected chi connectivity index (χ4v) is 1.19. The van der Waals surface area contributed by atoms with Crippen LogP contribution >= 0.6 is 0 Å². The number of H-pyrrole nitrogens is 1. The number of aromatic amines is 1. The number of para-hydroxylation sites is 1. The zero-order valence-corrected chi connectivity index (χ0v) is 8.54. The lowest BCUT2D eigenvalue weighted by Gasteiger charge is -2.03. The van der Waals surface area contributed by atoms with Crippen LogP contribution in [0.5, 0.6) is 0 Å². The molecule has 0 saturated heterocycles. The van der Waals surface area contributed by atoms with Crippen molar-refractivity contribution >= 4 is 17.6 Å². The van der Waals surface area contributed by atoms with Gasteiger partial charge in [-0.05, 0) is 12.1 Å². The zero-order chi connectivity index (χ0) is 12.3. The smallest absolute Gasteiger partial charge is 0.372 e. The van der Waals surface area contributed by atoms with Crippen LogP contribution in [0.3, 0.4) is 0 Å². The number of carboxylic acids is 1. The van der Waals surface area contributed by atoms with Gasteiger partial charge < -0.3 is 10.4 Å². The highest BCUT2D eigenvalue weighted by Gasteiger charge is 2.09. The van der Waals surface area contributed by atoms with Crippen molar-refractivity contribution in [1.29, 1.82) is 0 Å². The van der Waals surface area contributed by atoms with Gasteiger partial charge in [-0.3, -0.25) is 4.98 Å². The maximum atomic E-state index is 11.1. The van der Waals surface area contributed by atoms with E-state index in [1.165, 1.54) is 0 Å². The molecule has 7 heteroatoms. The molecule has 1 aromatic heterocycles. The molecule has 0 unspecified atom stereocenters. The third-order valence-electron chi connectivity index (χ3n) is 1.88. The molecule has 0 amide bonds. The molecule has 3 N–H and O–H groups in total. The topological polar surface area (TPSA) is 108 Å². The third-order valence-corrected chi connectivity index (χ3v) is 1.88. The lowest BCUT2D eigenvalue weighted by atomic mass is 10.3. The number of aromatic carboxylic acids is 1. The quantitative estimate of drug-likeness (QED) is 0.715. The second-order valence-corrected chi connectivity index (χ2v) is 3.12. The average Bonchev–Trinajstić information content (AvgIpc) is 2.29. The lowest BCUT2D eigenvalue weighted by molar-refractivity contribution is 0.0683. The van der Waals surface area contributed by atoms with Crippen molar-refractivity contribution in [3.05, 3.63) is 46.6 Å². The van der Waals surface area contributed by atoms with Crippen LogP contribution in [0.4, 0.5) is 11.6 Å². The van der Waals surface area contributed by atoms with Crippen molar-refractivity contribution in [2.24, 2.45) is 0 Å². The summed E-state index contributed by atoms with van der Waals surface area (Å²) in [4.78, 5) is 30.9. The van der Waals surface area contributed by atoms with Gasteiger partial charge in [0, 0.05) is 5.69 Å². The number of nitrogens with zero attached hydrogens (tertiary/aromatic N) is 2. The average molecular weight is 232 g/mol. The summed E-state index contributed by atoms with van der Waals surface area (Å²) in [7, 11) is 0. The summed E-state index contributed by atoms with van der Waals surface area (Å²) in [6.45, 7) is 0. The molecule has 2 rings (SSSR count). The molecule has 86 valence electrons. The second-order valence-electron chi connectivity index (χ2n) is 3.12. The van der Waals surface area contributed by atoms with E-state index < -0.39 is 17.5 Å². The van der Waals surface area contributed by atoms with E-state index in [-0.39, 0.29) is 5.95 Å². The Hall–Kier alpha value is -2.70. The Balaban J connectivity index is 2.34. The molecule has 2 aromatic rings. The standard InChI is InChI=1S/C10H8N4O3/c15-8(16)7-12-9(14-10(17)13-7)11-6-4-2-1-3-5-6/h1-5H,(H,15,16)(H2,11,12,13,14,17). The fourth-order valence-electron chi connectivity index (χ4n) is 1.19. The highest BCUT2D eigenvalue weighted by molar-refractivity contribution is 5.83. The molecular formula is C10H8N4O3. The molecule has 1 heterocycles. The van der Waals surface area contributed by atoms with E-state index >= 15 is 0 Å². The van der Waals surface area contributed by atoms with Gasteiger partial charge >= 0.3 is 11.7 Å². The summed E-state index contributed by atoms with van der Waals surface area (Å²) < 4.78 is 0. The van der Waals surface area contributed by atoms with E-state index in [9.17, 15) is 9.59 Å². The predicted octanol–water partition coefficient (Wildman–Crippen LogP) is 0.607. The Bertz CT molecular complexity index is 594. The van der Waals surface area contributed by atoms with E-state index in [0.29, 0.717) is 5.69 Å². The Labute approximate surface area is 95.2 Å². The van der Waals surface area contributed by atoms with Crippen LogP contribution < -0.4 is 11.0 Å². The summed E-state index contributed by atoms with van der Waals surface area (Å²) in [6.07, 6.45) is 0. The molecule has 0 fully saturated rings. The molecule has 0 aliphatic rings. The van der Waals surface area contributed by atoms with Gasteiger partial charge in [0.05, 0.1) is 0 Å². The number of rotatable bonds is 3. The number of hydrogen-bond donors (Lipinski definition) is 3. The van der Waals surface area contributed by atoms with Crippen LogP contribution in [0.2, 0.25) is 0 Å². The molecule has 0 spiro atoms. The summed E-state index contributed by atoms with van der Waals surface area (Å²) in [5.74, 6) is -1.83. The van der Waals surface area contributed by atoms with Gasteiger partial charge in [-0.2, -0.15) is 9.97 Å². The molecule has 17 heavy (non-hydrogen) atoms. The Morgan fingerprint density at radius 1 is 1.24 bits per heavy atom. The Kier molecular flexibility index (Phi) is 2.82. The van der Waals surface area contributed by atoms with E-state index in [2.05, 4.69) is 15.3 Å². The molecule has 0 saturated carbocycles. The second kappa shape index (κ2) is 4.44. The molecule has 0 aliphatic carbocycles. The van der Waals surface area contributed by atoms with Crippen molar-refractivity contribution < 1.29 is 9.90 Å². The number of carboxylic acid groups (broad SMARTS) is 1. The number of carbonyl (C=O) groups is 1. The van der Waals surface area contributed by atoms with Crippen molar-refractivity contribution in [1.82, 2.24) is 15.0 Å². The lowest BCUT2D eigenvalue weighted by Crippen LogP contribution is -2.20. The number of aromatic nitrogens is 3. The van der Waals surface area contributed by atoms with Gasteiger partial charge in [-0.15, -0.1) is 0 Å². The monoisotopic (exact) mass is 232 g/mol. The molecule has 1 aromatic carbocycles. The first kappa shape index (κ1) is 10.8. The van der Waals surface area contributed by atoms with Gasteiger partial charge in [0.2, 0.25) is 11.8 Å². The van der Waals surface area contributed by atoms with E-state index in [4.69, 9.17) is 5.11 Å². The van der Waals surface area contributed by atoms with Crippen LogP contribution in [0.25, 0.3) is 0 Å². The SMILES string of the molecule is O=C(O)c1nc(Nc2ccccc2)nc(=O)[nH]1. The predicted molar refractivity (Wildman–Crippen MR) is 59.3 cm³/mol. The molecule has 0 aliphatic heterocycles. The van der Waals surface area contributed by atoms with E-state index in [0.717, 1.165) is 0 Å². The summed E-state index contributed by atoms with van der Waals surface area (Å²) in [5, 5.41) is 11.4. The van der Waals surface area contributed by atoms with Crippen LogP contribution in [0, 0.1) is 0 Å². The van der Waals surface area contributed by atoms with Gasteiger partial charge in [-0.25, -0.2) is 9.59 Å². The van der Waals surface area contributed by atoms with Crippen LogP contribution in [-0.4, -0.2) is 26.0 Å². The number of hydrogen-bond acceptors (Lipinski definition) is 5. The first-order chi connectivity index (χ1) is 8.15. The van der Waals surface area contributed by atoms with Gasteiger partial charge in [-0.1, -0.05) is 18.2 Å². The normalized spacial score (nSPS) is 9.88. The maximum absolute atomic E-state index is 11.1. The Morgan fingerprint density at radius 2 is 1.94 bits per heavy atom. The molecule has 0 atom stereocenters. The van der Waals surface area contributed by atoms with Gasteiger partial charge in [0.15, 0.2) is 0 Å². The van der Waals surface area contributed by atoms with Crippen LogP contribution in [0.1, 0.15) is 10.6 Å². The van der Waals surface area contributed by atoms with Crippen LogP contribution in [-0.2, 0) is 0 Å². The maximum Gasteiger partial charge on any atom is 0.372 e. The van der Waals surface area contributed by atoms with Crippen molar-refractivity contribution in [3.8, 4) is 0 Å². The van der Waals surface area contributed by atoms with Crippen molar-refractivity contribution in [2.75, 3.05) is 5.32 Å². The first-order valence-corrected chi connectivity index (χ1v) is 4.69. The van der Waals surface area contributed by atoms with E-state index in [1.54, 1.807) is 24.3 Å².